The lowest BCUT2D eigenvalue weighted by atomic mass is 9.96. The number of carbonyl (C=O) groups is 2. The van der Waals surface area contributed by atoms with E-state index in [4.69, 9.17) is 17.3 Å². The Hall–Kier alpha value is -0.820. The quantitative estimate of drug-likeness (QED) is 0.794. The molecule has 0 aromatic carbocycles. The molecule has 1 aromatic rings. The normalized spacial score (nSPS) is 17.5. The molecule has 2 rings (SSSR count). The second-order valence-corrected chi connectivity index (χ2v) is 6.92. The van der Waals surface area contributed by atoms with Crippen LogP contribution in [0.2, 0.25) is 5.02 Å². The van der Waals surface area contributed by atoms with Crippen LogP contribution in [0, 0.1) is 5.92 Å². The lowest BCUT2D eigenvalue weighted by molar-refractivity contribution is -0.135. The molecule has 23 heavy (non-hydrogen) atoms. The van der Waals surface area contributed by atoms with Crippen molar-refractivity contribution in [2.75, 3.05) is 26.2 Å². The van der Waals surface area contributed by atoms with Crippen molar-refractivity contribution < 1.29 is 9.59 Å². The minimum atomic E-state index is -0.111. The van der Waals surface area contributed by atoms with Crippen molar-refractivity contribution in [3.8, 4) is 0 Å². The highest BCUT2D eigenvalue weighted by molar-refractivity contribution is 7.10. The first-order valence-corrected chi connectivity index (χ1v) is 8.84. The fourth-order valence-electron chi connectivity index (χ4n) is 2.63. The van der Waals surface area contributed by atoms with Crippen molar-refractivity contribution in [2.24, 2.45) is 11.7 Å². The molecule has 1 aromatic heterocycles. The molecular formula is C15H23Cl2N3O2S. The second kappa shape index (κ2) is 10.1. The van der Waals surface area contributed by atoms with Crippen molar-refractivity contribution >= 4 is 47.2 Å². The van der Waals surface area contributed by atoms with Crippen LogP contribution >= 0.6 is 35.3 Å². The summed E-state index contributed by atoms with van der Waals surface area (Å²) in [7, 11) is 0. The van der Waals surface area contributed by atoms with E-state index in [1.807, 2.05) is 16.3 Å². The average molecular weight is 380 g/mol. The Morgan fingerprint density at radius 3 is 2.91 bits per heavy atom. The summed E-state index contributed by atoms with van der Waals surface area (Å²) in [5.41, 5.74) is 5.39. The Labute approximate surface area is 152 Å². The van der Waals surface area contributed by atoms with Gasteiger partial charge in [0.15, 0.2) is 0 Å². The van der Waals surface area contributed by atoms with Gasteiger partial charge < -0.3 is 16.0 Å². The first kappa shape index (κ1) is 20.2. The van der Waals surface area contributed by atoms with E-state index in [0.29, 0.717) is 32.5 Å². The molecule has 0 aliphatic carbocycles. The molecule has 1 unspecified atom stereocenters. The minimum Gasteiger partial charge on any atom is -0.355 e. The molecule has 1 aliphatic rings. The molecule has 130 valence electrons. The molecule has 5 nitrogen and oxygen atoms in total. The van der Waals surface area contributed by atoms with Crippen LogP contribution in [0.25, 0.3) is 0 Å². The Bertz CT molecular complexity index is 525. The van der Waals surface area contributed by atoms with Gasteiger partial charge in [0.05, 0.1) is 10.9 Å². The number of rotatable bonds is 6. The number of nitrogens with zero attached hydrogens (tertiary/aromatic N) is 1. The third-order valence-corrected chi connectivity index (χ3v) is 5.14. The maximum atomic E-state index is 12.3. The van der Waals surface area contributed by atoms with Gasteiger partial charge in [0.1, 0.15) is 0 Å². The summed E-state index contributed by atoms with van der Waals surface area (Å²) >= 11 is 7.46. The molecule has 3 N–H and O–H groups in total. The molecule has 0 spiro atoms. The third-order valence-electron chi connectivity index (χ3n) is 3.80. The average Bonchev–Trinajstić information content (AvgIpc) is 2.96. The molecule has 0 radical (unpaired) electrons. The largest absolute Gasteiger partial charge is 0.355 e. The number of hydrogen-bond acceptors (Lipinski definition) is 4. The van der Waals surface area contributed by atoms with E-state index >= 15 is 0 Å². The van der Waals surface area contributed by atoms with Crippen LogP contribution in [0.4, 0.5) is 0 Å². The fourth-order valence-corrected chi connectivity index (χ4v) is 3.71. The second-order valence-electron chi connectivity index (χ2n) is 5.49. The van der Waals surface area contributed by atoms with Gasteiger partial charge in [-0.3, -0.25) is 9.59 Å². The number of carbonyl (C=O) groups excluding carboxylic acids is 2. The summed E-state index contributed by atoms with van der Waals surface area (Å²) < 4.78 is 0. The number of amides is 2. The lowest BCUT2D eigenvalue weighted by Gasteiger charge is -2.32. The van der Waals surface area contributed by atoms with Crippen LogP contribution in [0.5, 0.6) is 0 Å². The van der Waals surface area contributed by atoms with Crippen molar-refractivity contribution in [1.82, 2.24) is 10.2 Å². The molecule has 0 saturated carbocycles. The van der Waals surface area contributed by atoms with E-state index in [1.54, 1.807) is 11.3 Å². The number of aryl methyl sites for hydroxylation is 1. The summed E-state index contributed by atoms with van der Waals surface area (Å²) in [6.45, 7) is 2.18. The molecule has 1 aliphatic heterocycles. The molecule has 8 heteroatoms. The van der Waals surface area contributed by atoms with E-state index in [2.05, 4.69) is 5.32 Å². The van der Waals surface area contributed by atoms with Gasteiger partial charge >= 0.3 is 0 Å². The van der Waals surface area contributed by atoms with Gasteiger partial charge in [-0.25, -0.2) is 0 Å². The number of nitrogens with one attached hydrogen (secondary N) is 1. The number of halogens is 2. The zero-order chi connectivity index (χ0) is 15.9. The van der Waals surface area contributed by atoms with Crippen LogP contribution in [0.3, 0.4) is 0 Å². The van der Waals surface area contributed by atoms with E-state index in [0.717, 1.165) is 29.3 Å². The van der Waals surface area contributed by atoms with Crippen molar-refractivity contribution in [3.63, 3.8) is 0 Å². The monoisotopic (exact) mass is 379 g/mol. The topological polar surface area (TPSA) is 75.4 Å². The Morgan fingerprint density at radius 1 is 1.48 bits per heavy atom. The molecule has 1 atom stereocenters. The van der Waals surface area contributed by atoms with Gasteiger partial charge in [-0.1, -0.05) is 11.6 Å². The Kier molecular flexibility index (Phi) is 8.91. The van der Waals surface area contributed by atoms with Crippen LogP contribution in [-0.2, 0) is 16.0 Å². The highest BCUT2D eigenvalue weighted by Crippen LogP contribution is 2.22. The fraction of sp³-hybridized carbons (Fsp3) is 0.600. The highest BCUT2D eigenvalue weighted by Gasteiger charge is 2.27. The van der Waals surface area contributed by atoms with E-state index in [9.17, 15) is 9.59 Å². The van der Waals surface area contributed by atoms with Gasteiger partial charge in [-0.05, 0) is 25.3 Å². The lowest BCUT2D eigenvalue weighted by Crippen LogP contribution is -2.46. The molecular weight excluding hydrogens is 357 g/mol. The number of likely N-dealkylation sites (tertiary alicyclic amines) is 1. The maximum Gasteiger partial charge on any atom is 0.224 e. The zero-order valence-corrected chi connectivity index (χ0v) is 15.3. The first-order valence-electron chi connectivity index (χ1n) is 7.58. The summed E-state index contributed by atoms with van der Waals surface area (Å²) in [4.78, 5) is 27.2. The van der Waals surface area contributed by atoms with Crippen molar-refractivity contribution in [3.05, 3.63) is 21.3 Å². The van der Waals surface area contributed by atoms with Crippen LogP contribution in [0.1, 0.15) is 24.1 Å². The molecule has 2 amide bonds. The highest BCUT2D eigenvalue weighted by atomic mass is 35.5. The van der Waals surface area contributed by atoms with Gasteiger partial charge in [0, 0.05) is 42.9 Å². The summed E-state index contributed by atoms with van der Waals surface area (Å²) in [6.07, 6.45) is 2.88. The van der Waals surface area contributed by atoms with E-state index in [1.165, 1.54) is 0 Å². The predicted molar refractivity (Wildman–Crippen MR) is 96.3 cm³/mol. The number of hydrogen-bond donors (Lipinski definition) is 2. The van der Waals surface area contributed by atoms with Crippen LogP contribution in [0.15, 0.2) is 11.4 Å². The Balaban J connectivity index is 0.00000264. The van der Waals surface area contributed by atoms with Gasteiger partial charge in [-0.2, -0.15) is 0 Å². The Morgan fingerprint density at radius 2 is 2.26 bits per heavy atom. The minimum absolute atomic E-state index is 0. The summed E-state index contributed by atoms with van der Waals surface area (Å²) in [5, 5.41) is 5.41. The molecule has 1 saturated heterocycles. The standard InChI is InChI=1S/C15H22ClN3O2S.ClH/c16-12-8-13(22-10-12)3-4-14(20)19-7-1-2-11(9-19)15(21)18-6-5-17;/h8,10-11H,1-7,9,17H2,(H,18,21);1H. The summed E-state index contributed by atoms with van der Waals surface area (Å²) in [6, 6.07) is 1.90. The first-order chi connectivity index (χ1) is 10.6. The van der Waals surface area contributed by atoms with Gasteiger partial charge in [0.2, 0.25) is 11.8 Å². The smallest absolute Gasteiger partial charge is 0.224 e. The molecule has 0 bridgehead atoms. The number of nitrogens with two attached hydrogens (primary N) is 1. The van der Waals surface area contributed by atoms with Crippen molar-refractivity contribution in [2.45, 2.75) is 25.7 Å². The van der Waals surface area contributed by atoms with Gasteiger partial charge in [0.25, 0.3) is 0 Å². The molecule has 1 fully saturated rings. The van der Waals surface area contributed by atoms with Crippen LogP contribution < -0.4 is 11.1 Å². The summed E-state index contributed by atoms with van der Waals surface area (Å²) in [5.74, 6) is 0.00858. The van der Waals surface area contributed by atoms with E-state index < -0.39 is 0 Å². The van der Waals surface area contributed by atoms with Crippen LogP contribution in [-0.4, -0.2) is 42.9 Å². The zero-order valence-electron chi connectivity index (χ0n) is 12.9. The van der Waals surface area contributed by atoms with Gasteiger partial charge in [-0.15, -0.1) is 23.7 Å². The molecule has 2 heterocycles. The third kappa shape index (κ3) is 6.30. The SMILES string of the molecule is Cl.NCCNC(=O)C1CCCN(C(=O)CCc2cc(Cl)cs2)C1. The van der Waals surface area contributed by atoms with Crippen molar-refractivity contribution in [1.29, 1.82) is 0 Å². The maximum absolute atomic E-state index is 12.3. The predicted octanol–water partition coefficient (Wildman–Crippen LogP) is 2.07. The number of piperidine rings is 1. The number of thiophene rings is 1. The van der Waals surface area contributed by atoms with E-state index in [-0.39, 0.29) is 30.1 Å².